The van der Waals surface area contributed by atoms with Crippen LogP contribution in [-0.2, 0) is 19.1 Å². The number of carbonyl (C=O) groups excluding carboxylic acids is 2. The van der Waals surface area contributed by atoms with Crippen LogP contribution in [0.3, 0.4) is 0 Å². The zero-order chi connectivity index (χ0) is 53.3. The Bertz CT molecular complexity index is 3380. The second-order valence-electron chi connectivity index (χ2n) is 21.1. The molecular weight excluding hydrogens is 979 g/mol. The Morgan fingerprint density at radius 3 is 2.05 bits per heavy atom. The number of nitrogens with zero attached hydrogens (tertiary/aromatic N) is 5. The number of fused-ring (bicyclic) bond motifs is 3. The molecule has 1 unspecified atom stereocenters. The molecule has 8 heterocycles. The highest BCUT2D eigenvalue weighted by atomic mass is 16.5. The fraction of sp³-hybridized carbons (Fsp3) is 0.417. The summed E-state index contributed by atoms with van der Waals surface area (Å²) in [7, 11) is 3.19. The topological polar surface area (TPSA) is 185 Å². The summed E-state index contributed by atoms with van der Waals surface area (Å²) in [4.78, 5) is 50.8. The molecule has 3 aromatic carbocycles. The van der Waals surface area contributed by atoms with Gasteiger partial charge in [-0.1, -0.05) is 6.58 Å². The fourth-order valence-electron chi connectivity index (χ4n) is 11.5. The summed E-state index contributed by atoms with van der Waals surface area (Å²) in [5.74, 6) is 4.56. The first-order valence-electron chi connectivity index (χ1n) is 26.7. The minimum absolute atomic E-state index is 0.0440. The summed E-state index contributed by atoms with van der Waals surface area (Å²) in [5, 5.41) is 2.49. The molecule has 77 heavy (non-hydrogen) atoms. The second-order valence-corrected chi connectivity index (χ2v) is 21.1. The normalized spacial score (nSPS) is 17.7. The summed E-state index contributed by atoms with van der Waals surface area (Å²) in [6.07, 6.45) is 12.6. The van der Waals surface area contributed by atoms with Crippen molar-refractivity contribution in [3.63, 3.8) is 0 Å². The molecule has 4 aliphatic heterocycles. The number of piperidine rings is 2. The Labute approximate surface area is 447 Å². The van der Waals surface area contributed by atoms with E-state index in [1.165, 1.54) is 11.9 Å². The predicted octanol–water partition coefficient (Wildman–Crippen LogP) is 10.7. The van der Waals surface area contributed by atoms with Crippen LogP contribution in [0.4, 0.5) is 0 Å². The Balaban J connectivity index is 0.647. The quantitative estimate of drug-likeness (QED) is 0.0443. The van der Waals surface area contributed by atoms with Crippen LogP contribution in [0.15, 0.2) is 85.5 Å². The van der Waals surface area contributed by atoms with Crippen LogP contribution >= 0.6 is 0 Å². The number of allylic oxidation sites excluding steroid dienone is 1. The summed E-state index contributed by atoms with van der Waals surface area (Å²) in [6, 6.07) is 17.1. The van der Waals surface area contributed by atoms with Gasteiger partial charge in [0.1, 0.15) is 23.6 Å². The van der Waals surface area contributed by atoms with E-state index >= 15 is 0 Å². The lowest BCUT2D eigenvalue weighted by Gasteiger charge is -2.53. The lowest BCUT2D eigenvalue weighted by Crippen LogP contribution is -2.53. The van der Waals surface area contributed by atoms with Crippen molar-refractivity contribution in [1.29, 1.82) is 0 Å². The minimum atomic E-state index is -0.0704. The van der Waals surface area contributed by atoms with Crippen molar-refractivity contribution in [1.82, 2.24) is 34.7 Å². The summed E-state index contributed by atoms with van der Waals surface area (Å²) >= 11 is 0. The number of aromatic amines is 2. The molecule has 4 fully saturated rings. The first-order valence-corrected chi connectivity index (χ1v) is 26.7. The molecule has 1 atom stereocenters. The number of nitrogens with one attached hydrogen (secondary N) is 2. The zero-order valence-electron chi connectivity index (χ0n) is 44.6. The van der Waals surface area contributed by atoms with Crippen molar-refractivity contribution in [3.8, 4) is 40.4 Å². The Morgan fingerprint density at radius 2 is 1.42 bits per heavy atom. The molecule has 402 valence electrons. The number of benzene rings is 3. The highest BCUT2D eigenvalue weighted by Gasteiger charge is 2.52. The second kappa shape index (κ2) is 21.8. The average Bonchev–Trinajstić information content (AvgIpc) is 3.97. The Kier molecular flexibility index (Phi) is 14.6. The van der Waals surface area contributed by atoms with Crippen molar-refractivity contribution in [2.45, 2.75) is 78.2 Å². The number of aromatic nitrogens is 5. The first kappa shape index (κ1) is 51.5. The van der Waals surface area contributed by atoms with Crippen LogP contribution in [0, 0.1) is 31.6 Å². The average molecular weight is 1050 g/mol. The van der Waals surface area contributed by atoms with E-state index in [0.717, 1.165) is 90.9 Å². The molecule has 2 amide bonds. The molecule has 2 N–H and O–H groups in total. The maximum Gasteiger partial charge on any atom is 0.230 e. The monoisotopic (exact) mass is 1050 g/mol. The van der Waals surface area contributed by atoms with Gasteiger partial charge in [-0.2, -0.15) is 0 Å². The lowest BCUT2D eigenvalue weighted by atomic mass is 9.68. The third kappa shape index (κ3) is 10.6. The van der Waals surface area contributed by atoms with Gasteiger partial charge in [0.2, 0.25) is 17.7 Å². The van der Waals surface area contributed by atoms with Crippen LogP contribution in [0.5, 0.6) is 40.4 Å². The van der Waals surface area contributed by atoms with Gasteiger partial charge in [-0.3, -0.25) is 14.6 Å². The molecule has 4 aromatic heterocycles. The summed E-state index contributed by atoms with van der Waals surface area (Å²) in [6.45, 7) is 16.4. The van der Waals surface area contributed by atoms with E-state index in [9.17, 15) is 9.59 Å². The van der Waals surface area contributed by atoms with E-state index in [-0.39, 0.29) is 23.3 Å². The van der Waals surface area contributed by atoms with Gasteiger partial charge in [0.15, 0.2) is 23.0 Å². The highest BCUT2D eigenvalue weighted by Crippen LogP contribution is 2.55. The number of carbonyl (C=O) groups is 2. The number of hydrogen-bond donors (Lipinski definition) is 2. The molecule has 17 heteroatoms. The number of hydrogen-bond acceptors (Lipinski definition) is 13. The molecule has 0 bridgehead atoms. The van der Waals surface area contributed by atoms with Gasteiger partial charge >= 0.3 is 0 Å². The lowest BCUT2D eigenvalue weighted by molar-refractivity contribution is -0.212. The summed E-state index contributed by atoms with van der Waals surface area (Å²) < 4.78 is 48.1. The molecule has 0 saturated carbocycles. The van der Waals surface area contributed by atoms with Crippen LogP contribution in [0.25, 0.3) is 38.8 Å². The zero-order valence-corrected chi connectivity index (χ0v) is 44.6. The number of amides is 2. The van der Waals surface area contributed by atoms with E-state index in [4.69, 9.17) is 37.9 Å². The molecule has 4 saturated heterocycles. The van der Waals surface area contributed by atoms with Gasteiger partial charge in [0, 0.05) is 107 Å². The number of likely N-dealkylation sites (tertiary alicyclic amines) is 2. The van der Waals surface area contributed by atoms with E-state index in [2.05, 4.69) is 51.4 Å². The van der Waals surface area contributed by atoms with E-state index in [1.807, 2.05) is 71.3 Å². The number of pyridine rings is 1. The van der Waals surface area contributed by atoms with Crippen molar-refractivity contribution >= 4 is 50.6 Å². The Morgan fingerprint density at radius 1 is 0.753 bits per heavy atom. The van der Waals surface area contributed by atoms with Crippen LogP contribution < -0.4 is 28.4 Å². The molecule has 4 aliphatic rings. The fourth-order valence-corrected chi connectivity index (χ4v) is 11.5. The number of ether oxygens (including phenoxy) is 8. The molecule has 0 radical (unpaired) electrons. The van der Waals surface area contributed by atoms with Crippen LogP contribution in [-0.4, -0.2) is 120 Å². The highest BCUT2D eigenvalue weighted by molar-refractivity contribution is 5.89. The van der Waals surface area contributed by atoms with Crippen LogP contribution in [0.2, 0.25) is 0 Å². The van der Waals surface area contributed by atoms with Crippen molar-refractivity contribution in [3.05, 3.63) is 114 Å². The predicted molar refractivity (Wildman–Crippen MR) is 292 cm³/mol. The van der Waals surface area contributed by atoms with Gasteiger partial charge in [-0.15, -0.1) is 0 Å². The number of H-pyrrole nitrogens is 2. The minimum Gasteiger partial charge on any atom is -0.493 e. The molecular formula is C60H67N7O10. The molecule has 11 rings (SSSR count). The smallest absolute Gasteiger partial charge is 0.230 e. The number of rotatable bonds is 19. The van der Waals surface area contributed by atoms with E-state index in [0.29, 0.717) is 127 Å². The van der Waals surface area contributed by atoms with Gasteiger partial charge < -0.3 is 57.7 Å². The third-order valence-corrected chi connectivity index (χ3v) is 16.1. The van der Waals surface area contributed by atoms with Crippen LogP contribution in [0.1, 0.15) is 85.7 Å². The number of methoxy groups -OCH3 is 2. The third-order valence-electron chi connectivity index (χ3n) is 16.1. The molecule has 2 spiro atoms. The molecule has 7 aromatic rings. The van der Waals surface area contributed by atoms with Crippen molar-refractivity contribution in [2.75, 3.05) is 73.4 Å². The van der Waals surface area contributed by atoms with E-state index in [1.54, 1.807) is 26.5 Å². The maximum atomic E-state index is 13.5. The SMILES string of the molecule is C=C(/C=C\c1[nH]c(C)c(C2OCC23CCN(C(=O)CCCOc2cc4ncnc(Oc5ccc6[nH]c(C)cc6c5)c4cc2OC)CC3)c1C)Oc1ccnc2cc(OCCCC(=O)N3CCC4(CC3)COC4)c(OC)cc12. The van der Waals surface area contributed by atoms with Gasteiger partial charge in [-0.05, 0) is 119 Å². The molecule has 17 nitrogen and oxygen atoms in total. The van der Waals surface area contributed by atoms with Gasteiger partial charge in [0.05, 0.1) is 69.8 Å². The Hall–Kier alpha value is -7.63. The standard InChI is InChI=1S/C60H67N7O10/c1-37-27-41-28-42(12-14-46(41)64-37)77-58-44-30-51(71-6)53(32-48(44)62-36-63-58)74-26-8-10-55(69)67-23-18-60(19-24-67)35-75-57(60)56-39(3)45(65-40(56)4)13-11-38(2)76-49-15-20-61-47-31-52(50(70-5)29-43(47)49)73-25-7-9-54(68)66-21-16-59(17-22-66)33-72-34-59/h11-15,20,27-32,36,57,64-65H,2,7-10,16-19,21-26,33-35H2,1,3-6H3/b13-11-. The van der Waals surface area contributed by atoms with Gasteiger partial charge in [-0.25, -0.2) is 9.97 Å². The van der Waals surface area contributed by atoms with E-state index < -0.39 is 0 Å². The van der Waals surface area contributed by atoms with Crippen molar-refractivity contribution < 1.29 is 47.5 Å². The summed E-state index contributed by atoms with van der Waals surface area (Å²) in [5.41, 5.74) is 7.98. The largest absolute Gasteiger partial charge is 0.493 e. The molecule has 0 aliphatic carbocycles. The van der Waals surface area contributed by atoms with Gasteiger partial charge in [0.25, 0.3) is 0 Å². The first-order chi connectivity index (χ1) is 37.4. The maximum absolute atomic E-state index is 13.5. The number of aryl methyl sites for hydroxylation is 2. The van der Waals surface area contributed by atoms with Crippen molar-refractivity contribution in [2.24, 2.45) is 10.8 Å².